The lowest BCUT2D eigenvalue weighted by Crippen LogP contribution is -2.23. The maximum absolute atomic E-state index is 5.86. The van der Waals surface area contributed by atoms with E-state index in [9.17, 15) is 0 Å². The summed E-state index contributed by atoms with van der Waals surface area (Å²) in [5.41, 5.74) is 8.13. The minimum Gasteiger partial charge on any atom is -0.381 e. The molecule has 0 atom stereocenters. The topological polar surface area (TPSA) is 59.6 Å². The molecule has 21 heavy (non-hydrogen) atoms. The molecule has 0 radical (unpaired) electrons. The zero-order valence-corrected chi connectivity index (χ0v) is 15.4. The molecule has 5 heteroatoms. The SMILES string of the molecule is CCCCOCCCN=C(N)Nc1cccc(CC)c1.I. The Hall–Kier alpha value is -0.820. The monoisotopic (exact) mass is 405 g/mol. The maximum atomic E-state index is 5.86. The summed E-state index contributed by atoms with van der Waals surface area (Å²) in [4.78, 5) is 4.30. The van der Waals surface area contributed by atoms with Gasteiger partial charge in [0.2, 0.25) is 0 Å². The van der Waals surface area contributed by atoms with Crippen LogP contribution in [0.25, 0.3) is 0 Å². The lowest BCUT2D eigenvalue weighted by Gasteiger charge is -2.07. The van der Waals surface area contributed by atoms with Crippen LogP contribution < -0.4 is 11.1 Å². The summed E-state index contributed by atoms with van der Waals surface area (Å²) in [6, 6.07) is 8.22. The maximum Gasteiger partial charge on any atom is 0.193 e. The number of guanidine groups is 1. The van der Waals surface area contributed by atoms with Gasteiger partial charge in [-0.25, -0.2) is 0 Å². The van der Waals surface area contributed by atoms with Gasteiger partial charge >= 0.3 is 0 Å². The second-order valence-corrected chi connectivity index (χ2v) is 4.77. The van der Waals surface area contributed by atoms with E-state index in [0.717, 1.165) is 38.2 Å². The smallest absolute Gasteiger partial charge is 0.193 e. The van der Waals surface area contributed by atoms with Crippen LogP contribution in [-0.2, 0) is 11.2 Å². The van der Waals surface area contributed by atoms with Gasteiger partial charge < -0.3 is 15.8 Å². The van der Waals surface area contributed by atoms with Gasteiger partial charge in [0.05, 0.1) is 0 Å². The minimum atomic E-state index is 0. The van der Waals surface area contributed by atoms with Crippen LogP contribution in [0.3, 0.4) is 0 Å². The van der Waals surface area contributed by atoms with E-state index >= 15 is 0 Å². The number of nitrogens with zero attached hydrogens (tertiary/aromatic N) is 1. The third kappa shape index (κ3) is 9.68. The second kappa shape index (κ2) is 12.9. The van der Waals surface area contributed by atoms with Crippen LogP contribution in [0.2, 0.25) is 0 Å². The van der Waals surface area contributed by atoms with Gasteiger partial charge in [-0.1, -0.05) is 32.4 Å². The molecule has 120 valence electrons. The fourth-order valence-electron chi connectivity index (χ4n) is 1.77. The predicted octanol–water partition coefficient (Wildman–Crippen LogP) is 3.80. The second-order valence-electron chi connectivity index (χ2n) is 4.77. The summed E-state index contributed by atoms with van der Waals surface area (Å²) >= 11 is 0. The van der Waals surface area contributed by atoms with E-state index in [1.165, 1.54) is 12.0 Å². The number of benzene rings is 1. The molecule has 1 rings (SSSR count). The highest BCUT2D eigenvalue weighted by molar-refractivity contribution is 14.0. The summed E-state index contributed by atoms with van der Waals surface area (Å²) in [5, 5.41) is 3.11. The molecule has 1 aromatic carbocycles. The molecule has 0 heterocycles. The summed E-state index contributed by atoms with van der Waals surface area (Å²) in [6.45, 7) is 6.58. The highest BCUT2D eigenvalue weighted by Gasteiger charge is 1.96. The van der Waals surface area contributed by atoms with Crippen LogP contribution >= 0.6 is 24.0 Å². The first kappa shape index (κ1) is 20.2. The van der Waals surface area contributed by atoms with Gasteiger partial charge in [-0.3, -0.25) is 4.99 Å². The molecule has 0 amide bonds. The van der Waals surface area contributed by atoms with Gasteiger partial charge in [0.25, 0.3) is 0 Å². The number of aliphatic imine (C=N–C) groups is 1. The first-order valence-corrected chi connectivity index (χ1v) is 7.49. The molecule has 0 spiro atoms. The van der Waals surface area contributed by atoms with Gasteiger partial charge in [0.1, 0.15) is 0 Å². The van der Waals surface area contributed by atoms with E-state index < -0.39 is 0 Å². The molecule has 0 saturated heterocycles. The summed E-state index contributed by atoms with van der Waals surface area (Å²) in [7, 11) is 0. The Kier molecular flexibility index (Phi) is 12.4. The number of nitrogens with one attached hydrogen (secondary N) is 1. The third-order valence-corrected chi connectivity index (χ3v) is 2.98. The average Bonchev–Trinajstić information content (AvgIpc) is 2.46. The quantitative estimate of drug-likeness (QED) is 0.284. The average molecular weight is 405 g/mol. The van der Waals surface area contributed by atoms with Crippen molar-refractivity contribution in [2.24, 2.45) is 10.7 Å². The number of halogens is 1. The molecule has 0 bridgehead atoms. The van der Waals surface area contributed by atoms with E-state index in [0.29, 0.717) is 12.5 Å². The van der Waals surface area contributed by atoms with E-state index in [4.69, 9.17) is 10.5 Å². The van der Waals surface area contributed by atoms with Crippen LogP contribution in [0, 0.1) is 0 Å². The van der Waals surface area contributed by atoms with Crippen LogP contribution in [0.15, 0.2) is 29.3 Å². The van der Waals surface area contributed by atoms with Crippen molar-refractivity contribution in [1.82, 2.24) is 0 Å². The molecular formula is C16H28IN3O. The zero-order valence-electron chi connectivity index (χ0n) is 13.1. The normalized spacial score (nSPS) is 11.0. The first-order valence-electron chi connectivity index (χ1n) is 7.49. The Balaban J connectivity index is 0.00000400. The van der Waals surface area contributed by atoms with Gasteiger partial charge in [-0.2, -0.15) is 0 Å². The van der Waals surface area contributed by atoms with Gasteiger partial charge in [0.15, 0.2) is 5.96 Å². The van der Waals surface area contributed by atoms with Crippen molar-refractivity contribution in [2.45, 2.75) is 39.5 Å². The molecule has 0 saturated carbocycles. The van der Waals surface area contributed by atoms with Crippen LogP contribution in [0.1, 0.15) is 38.7 Å². The fourth-order valence-corrected chi connectivity index (χ4v) is 1.77. The highest BCUT2D eigenvalue weighted by Crippen LogP contribution is 2.10. The summed E-state index contributed by atoms with van der Waals surface area (Å²) < 4.78 is 5.47. The van der Waals surface area contributed by atoms with Gasteiger partial charge in [0, 0.05) is 25.4 Å². The number of hydrogen-bond donors (Lipinski definition) is 2. The largest absolute Gasteiger partial charge is 0.381 e. The first-order chi connectivity index (χ1) is 9.76. The Bertz CT molecular complexity index is 410. The van der Waals surface area contributed by atoms with Crippen LogP contribution in [-0.4, -0.2) is 25.7 Å². The molecule has 0 aliphatic carbocycles. The molecule has 3 N–H and O–H groups in total. The van der Waals surface area contributed by atoms with Crippen LogP contribution in [0.5, 0.6) is 0 Å². The minimum absolute atomic E-state index is 0. The summed E-state index contributed by atoms with van der Waals surface area (Å²) in [5.74, 6) is 0.465. The number of anilines is 1. The molecule has 0 unspecified atom stereocenters. The Morgan fingerprint density at radius 1 is 1.24 bits per heavy atom. The third-order valence-electron chi connectivity index (χ3n) is 2.98. The van der Waals surface area contributed by atoms with Gasteiger partial charge in [-0.15, -0.1) is 24.0 Å². The van der Waals surface area contributed by atoms with Crippen LogP contribution in [0.4, 0.5) is 5.69 Å². The van der Waals surface area contributed by atoms with Crippen molar-refractivity contribution in [2.75, 3.05) is 25.1 Å². The van der Waals surface area contributed by atoms with Crippen molar-refractivity contribution < 1.29 is 4.74 Å². The van der Waals surface area contributed by atoms with Crippen molar-refractivity contribution in [3.8, 4) is 0 Å². The molecule has 1 aromatic rings. The highest BCUT2D eigenvalue weighted by atomic mass is 127. The number of aryl methyl sites for hydroxylation is 1. The fraction of sp³-hybridized carbons (Fsp3) is 0.562. The Labute approximate surface area is 145 Å². The molecule has 0 fully saturated rings. The molecule has 4 nitrogen and oxygen atoms in total. The number of rotatable bonds is 9. The zero-order chi connectivity index (χ0) is 14.6. The molecule has 0 aliphatic heterocycles. The van der Waals surface area contributed by atoms with Gasteiger partial charge in [-0.05, 0) is 37.0 Å². The number of ether oxygens (including phenoxy) is 1. The van der Waals surface area contributed by atoms with Crippen molar-refractivity contribution in [3.05, 3.63) is 29.8 Å². The number of unbranched alkanes of at least 4 members (excludes halogenated alkanes) is 1. The van der Waals surface area contributed by atoms with E-state index in [2.05, 4.69) is 36.3 Å². The molecule has 0 aliphatic rings. The predicted molar refractivity (Wildman–Crippen MR) is 102 cm³/mol. The number of hydrogen-bond acceptors (Lipinski definition) is 2. The summed E-state index contributed by atoms with van der Waals surface area (Å²) in [6.07, 6.45) is 4.22. The Morgan fingerprint density at radius 2 is 2.00 bits per heavy atom. The lowest BCUT2D eigenvalue weighted by atomic mass is 10.1. The van der Waals surface area contributed by atoms with E-state index in [1.807, 2.05) is 12.1 Å². The van der Waals surface area contributed by atoms with Crippen molar-refractivity contribution in [1.29, 1.82) is 0 Å². The molecular weight excluding hydrogens is 377 g/mol. The number of nitrogens with two attached hydrogens (primary N) is 1. The van der Waals surface area contributed by atoms with Crippen molar-refractivity contribution >= 4 is 35.6 Å². The Morgan fingerprint density at radius 3 is 2.71 bits per heavy atom. The molecule has 0 aromatic heterocycles. The van der Waals surface area contributed by atoms with E-state index in [-0.39, 0.29) is 24.0 Å². The van der Waals surface area contributed by atoms with Crippen molar-refractivity contribution in [3.63, 3.8) is 0 Å². The van der Waals surface area contributed by atoms with E-state index in [1.54, 1.807) is 0 Å². The standard InChI is InChI=1S/C16H27N3O.HI/c1-3-5-11-20-12-7-10-18-16(17)19-15-9-6-8-14(4-2)13-15;/h6,8-9,13H,3-5,7,10-12H2,1-2H3,(H3,17,18,19);1H. The lowest BCUT2D eigenvalue weighted by molar-refractivity contribution is 0.130.